The normalized spacial score (nSPS) is 21.0. The Balaban J connectivity index is 2.04. The first kappa shape index (κ1) is 16.8. The summed E-state index contributed by atoms with van der Waals surface area (Å²) in [6.45, 7) is 1.03. The predicted octanol–water partition coefficient (Wildman–Crippen LogP) is 2.10. The molecule has 1 aromatic carbocycles. The highest BCUT2D eigenvalue weighted by molar-refractivity contribution is 6.34. The zero-order valence-corrected chi connectivity index (χ0v) is 14.2. The number of aromatic nitrogens is 1. The molecule has 6 nitrogen and oxygen atoms in total. The number of pyridine rings is 1. The average Bonchev–Trinajstić information content (AvgIpc) is 2.52. The first-order valence-electron chi connectivity index (χ1n) is 7.80. The number of primary amides is 1. The van der Waals surface area contributed by atoms with Crippen LogP contribution in [-0.4, -0.2) is 41.8 Å². The number of nitrogens with zero attached hydrogens (tertiary/aromatic N) is 2. The molecule has 1 atom stereocenters. The number of hydrogen-bond donors (Lipinski definition) is 2. The first-order chi connectivity index (χ1) is 11.4. The van der Waals surface area contributed by atoms with Gasteiger partial charge >= 0.3 is 0 Å². The number of β-amino-alcohol motifs (C(OH)–C–C–N with tert-alkyl or cyclic N) is 1. The summed E-state index contributed by atoms with van der Waals surface area (Å²) in [4.78, 5) is 17.6. The Bertz CT molecular complexity index is 783. The summed E-state index contributed by atoms with van der Waals surface area (Å²) < 4.78 is 5.30. The van der Waals surface area contributed by atoms with E-state index < -0.39 is 11.5 Å². The van der Waals surface area contributed by atoms with Gasteiger partial charge in [0, 0.05) is 24.7 Å². The van der Waals surface area contributed by atoms with Crippen LogP contribution in [-0.2, 0) is 4.79 Å². The molecule has 1 fully saturated rings. The number of methoxy groups -OCH3 is 1. The summed E-state index contributed by atoms with van der Waals surface area (Å²) in [6.07, 6.45) is 2.82. The number of ether oxygens (including phenoxy) is 1. The molecule has 0 saturated carbocycles. The topological polar surface area (TPSA) is 88.7 Å². The van der Waals surface area contributed by atoms with Gasteiger partial charge in [0.15, 0.2) is 0 Å². The van der Waals surface area contributed by atoms with Gasteiger partial charge in [-0.25, -0.2) is 0 Å². The minimum Gasteiger partial charge on any atom is -0.497 e. The van der Waals surface area contributed by atoms with Crippen molar-refractivity contribution in [1.82, 2.24) is 4.98 Å². The van der Waals surface area contributed by atoms with Gasteiger partial charge in [-0.15, -0.1) is 0 Å². The maximum absolute atomic E-state index is 11.3. The van der Waals surface area contributed by atoms with Gasteiger partial charge in [0.2, 0.25) is 5.91 Å². The Morgan fingerprint density at radius 3 is 3.04 bits per heavy atom. The molecule has 1 aliphatic heterocycles. The quantitative estimate of drug-likeness (QED) is 0.882. The van der Waals surface area contributed by atoms with E-state index in [9.17, 15) is 9.90 Å². The second-order valence-electron chi connectivity index (χ2n) is 6.23. The predicted molar refractivity (Wildman–Crippen MR) is 93.5 cm³/mol. The van der Waals surface area contributed by atoms with Crippen LogP contribution in [0.1, 0.15) is 19.3 Å². The largest absolute Gasteiger partial charge is 0.497 e. The molecule has 1 unspecified atom stereocenters. The number of aliphatic hydroxyl groups is 1. The number of nitrogens with two attached hydrogens (primary N) is 1. The van der Waals surface area contributed by atoms with Crippen LogP contribution in [0.2, 0.25) is 5.02 Å². The second kappa shape index (κ2) is 6.45. The Morgan fingerprint density at radius 1 is 1.54 bits per heavy atom. The summed E-state index contributed by atoms with van der Waals surface area (Å²) >= 11 is 6.41. The highest BCUT2D eigenvalue weighted by Crippen LogP contribution is 2.38. The number of fused-ring (bicyclic) bond motifs is 1. The fraction of sp³-hybridized carbons (Fsp3) is 0.412. The van der Waals surface area contributed by atoms with Crippen LogP contribution in [0.5, 0.6) is 5.75 Å². The van der Waals surface area contributed by atoms with E-state index in [1.807, 2.05) is 23.1 Å². The molecule has 1 aliphatic rings. The molecule has 0 radical (unpaired) electrons. The van der Waals surface area contributed by atoms with Crippen LogP contribution in [0.15, 0.2) is 24.4 Å². The van der Waals surface area contributed by atoms with Crippen molar-refractivity contribution in [3.63, 3.8) is 0 Å². The van der Waals surface area contributed by atoms with Crippen molar-refractivity contribution < 1.29 is 14.6 Å². The van der Waals surface area contributed by atoms with Crippen molar-refractivity contribution in [2.45, 2.75) is 24.9 Å². The van der Waals surface area contributed by atoms with Crippen LogP contribution in [0.4, 0.5) is 5.69 Å². The van der Waals surface area contributed by atoms with Gasteiger partial charge in [0.25, 0.3) is 0 Å². The van der Waals surface area contributed by atoms with Crippen LogP contribution in [0.25, 0.3) is 10.9 Å². The van der Waals surface area contributed by atoms with Crippen LogP contribution in [0.3, 0.4) is 0 Å². The van der Waals surface area contributed by atoms with E-state index in [1.165, 1.54) is 0 Å². The lowest BCUT2D eigenvalue weighted by molar-refractivity contribution is -0.123. The molecule has 2 aromatic rings. The van der Waals surface area contributed by atoms with Gasteiger partial charge in [-0.1, -0.05) is 11.6 Å². The van der Waals surface area contributed by atoms with Crippen molar-refractivity contribution in [2.75, 3.05) is 25.1 Å². The van der Waals surface area contributed by atoms with Crippen LogP contribution < -0.4 is 15.4 Å². The maximum Gasteiger partial charge on any atom is 0.220 e. The smallest absolute Gasteiger partial charge is 0.220 e. The van der Waals surface area contributed by atoms with Crippen molar-refractivity contribution in [3.8, 4) is 5.75 Å². The highest BCUT2D eigenvalue weighted by atomic mass is 35.5. The van der Waals surface area contributed by atoms with E-state index in [-0.39, 0.29) is 6.42 Å². The summed E-state index contributed by atoms with van der Waals surface area (Å²) in [5.41, 5.74) is 5.73. The van der Waals surface area contributed by atoms with Gasteiger partial charge in [-0.05, 0) is 31.0 Å². The van der Waals surface area contributed by atoms with E-state index in [4.69, 9.17) is 22.1 Å². The van der Waals surface area contributed by atoms with Gasteiger partial charge < -0.3 is 20.5 Å². The number of piperidine rings is 1. The fourth-order valence-corrected chi connectivity index (χ4v) is 3.62. The average molecular weight is 350 g/mol. The standard InChI is InChI=1S/C17H20ClN3O3/c1-24-11-3-4-14-12(7-11)16(13(18)9-20-14)21-6-2-5-17(23,10-21)8-15(19)22/h3-4,7,9,23H,2,5-6,8,10H2,1H3,(H2,19,22). The van der Waals surface area contributed by atoms with Crippen LogP contribution in [0, 0.1) is 0 Å². The third-order valence-corrected chi connectivity index (χ3v) is 4.65. The molecule has 0 aliphatic carbocycles. The van der Waals surface area contributed by atoms with E-state index in [2.05, 4.69) is 4.98 Å². The molecule has 1 amide bonds. The van der Waals surface area contributed by atoms with Gasteiger partial charge in [0.05, 0.1) is 35.4 Å². The Hall–Kier alpha value is -2.05. The minimum atomic E-state index is -1.14. The number of anilines is 1. The minimum absolute atomic E-state index is 0.0620. The van der Waals surface area contributed by atoms with Crippen LogP contribution >= 0.6 is 11.6 Å². The van der Waals surface area contributed by atoms with Crippen molar-refractivity contribution in [2.24, 2.45) is 5.73 Å². The number of carbonyl (C=O) groups is 1. The Labute approximate surface area is 145 Å². The second-order valence-corrected chi connectivity index (χ2v) is 6.64. The monoisotopic (exact) mass is 349 g/mol. The number of rotatable bonds is 4. The van der Waals surface area contributed by atoms with Gasteiger partial charge in [-0.2, -0.15) is 0 Å². The lowest BCUT2D eigenvalue weighted by atomic mass is 9.89. The SMILES string of the molecule is COc1ccc2ncc(Cl)c(N3CCCC(O)(CC(N)=O)C3)c2c1. The number of amides is 1. The maximum atomic E-state index is 11.3. The molecule has 1 aromatic heterocycles. The molecule has 3 rings (SSSR count). The lowest BCUT2D eigenvalue weighted by Gasteiger charge is -2.40. The van der Waals surface area contributed by atoms with Gasteiger partial charge in [0.1, 0.15) is 5.75 Å². The zero-order valence-electron chi connectivity index (χ0n) is 13.5. The Kier molecular flexibility index (Phi) is 4.51. The summed E-state index contributed by atoms with van der Waals surface area (Å²) in [5, 5.41) is 12.1. The molecule has 3 N–H and O–H groups in total. The molecular weight excluding hydrogens is 330 g/mol. The molecule has 128 valence electrons. The Morgan fingerprint density at radius 2 is 2.33 bits per heavy atom. The van der Waals surface area contributed by atoms with Gasteiger partial charge in [-0.3, -0.25) is 9.78 Å². The summed E-state index contributed by atoms with van der Waals surface area (Å²) in [5.74, 6) is 0.198. The number of benzene rings is 1. The molecule has 24 heavy (non-hydrogen) atoms. The molecule has 2 heterocycles. The molecule has 7 heteroatoms. The number of hydrogen-bond acceptors (Lipinski definition) is 5. The third-order valence-electron chi connectivity index (χ3n) is 4.38. The van der Waals surface area contributed by atoms with Crippen molar-refractivity contribution in [1.29, 1.82) is 0 Å². The van der Waals surface area contributed by atoms with E-state index in [1.54, 1.807) is 13.3 Å². The third kappa shape index (κ3) is 3.25. The summed E-state index contributed by atoms with van der Waals surface area (Å²) in [6, 6.07) is 5.59. The van der Waals surface area contributed by atoms with Crippen molar-refractivity contribution >= 4 is 34.1 Å². The van der Waals surface area contributed by atoms with Crippen molar-refractivity contribution in [3.05, 3.63) is 29.4 Å². The zero-order chi connectivity index (χ0) is 17.3. The van der Waals surface area contributed by atoms with E-state index in [0.717, 1.165) is 29.6 Å². The lowest BCUT2D eigenvalue weighted by Crippen LogP contribution is -2.50. The molecular formula is C17H20ClN3O3. The fourth-order valence-electron chi connectivity index (χ4n) is 3.35. The molecule has 0 bridgehead atoms. The molecule has 1 saturated heterocycles. The number of halogens is 1. The first-order valence-corrected chi connectivity index (χ1v) is 8.17. The number of carbonyl (C=O) groups excluding carboxylic acids is 1. The highest BCUT2D eigenvalue weighted by Gasteiger charge is 2.36. The summed E-state index contributed by atoms with van der Waals surface area (Å²) in [7, 11) is 1.60. The molecule has 0 spiro atoms. The van der Waals surface area contributed by atoms with E-state index in [0.29, 0.717) is 23.7 Å². The van der Waals surface area contributed by atoms with E-state index >= 15 is 0 Å².